The topological polar surface area (TPSA) is 49.4 Å². The van der Waals surface area contributed by atoms with Crippen LogP contribution in [0.15, 0.2) is 27.6 Å². The van der Waals surface area contributed by atoms with Gasteiger partial charge in [0.1, 0.15) is 0 Å². The molecule has 0 amide bonds. The van der Waals surface area contributed by atoms with Crippen molar-refractivity contribution < 1.29 is 8.42 Å². The molecule has 0 atom stereocenters. The first-order valence-electron chi connectivity index (χ1n) is 7.02. The summed E-state index contributed by atoms with van der Waals surface area (Å²) in [7, 11) is -1.34. The minimum absolute atomic E-state index is 0.238. The van der Waals surface area contributed by atoms with Gasteiger partial charge in [0.25, 0.3) is 0 Å². The van der Waals surface area contributed by atoms with E-state index >= 15 is 0 Å². The Morgan fingerprint density at radius 1 is 1.38 bits per heavy atom. The highest BCUT2D eigenvalue weighted by Gasteiger charge is 2.19. The van der Waals surface area contributed by atoms with E-state index in [1.807, 2.05) is 0 Å². The average Bonchev–Trinajstić information content (AvgIpc) is 2.44. The molecule has 1 aliphatic heterocycles. The molecule has 1 aromatic rings. The van der Waals surface area contributed by atoms with Crippen LogP contribution in [0.1, 0.15) is 19.3 Å². The molecule has 0 spiro atoms. The van der Waals surface area contributed by atoms with E-state index in [4.69, 9.17) is 11.6 Å². The van der Waals surface area contributed by atoms with Gasteiger partial charge in [-0.1, -0.05) is 11.6 Å². The summed E-state index contributed by atoms with van der Waals surface area (Å²) in [6, 6.07) is 4.63. The van der Waals surface area contributed by atoms with Gasteiger partial charge in [-0.15, -0.1) is 0 Å². The third-order valence-corrected chi connectivity index (χ3v) is 6.56. The maximum Gasteiger partial charge on any atom is 0.240 e. The predicted octanol–water partition coefficient (Wildman–Crippen LogP) is 3.11. The number of hydrogen-bond donors (Lipinski definition) is 1. The zero-order valence-electron chi connectivity index (χ0n) is 12.0. The van der Waals surface area contributed by atoms with Crippen LogP contribution in [0, 0.1) is 5.92 Å². The van der Waals surface area contributed by atoms with Crippen LogP contribution in [0.4, 0.5) is 0 Å². The fourth-order valence-corrected chi connectivity index (χ4v) is 4.20. The van der Waals surface area contributed by atoms with Crippen LogP contribution in [0.25, 0.3) is 0 Å². The Balaban J connectivity index is 1.88. The summed E-state index contributed by atoms with van der Waals surface area (Å²) in [5, 5.41) is 0.500. The molecule has 0 bridgehead atoms. The summed E-state index contributed by atoms with van der Waals surface area (Å²) >= 11 is 9.13. The lowest BCUT2D eigenvalue weighted by Crippen LogP contribution is -2.32. The molecule has 1 aromatic carbocycles. The van der Waals surface area contributed by atoms with Gasteiger partial charge < -0.3 is 4.90 Å². The Morgan fingerprint density at radius 3 is 2.67 bits per heavy atom. The van der Waals surface area contributed by atoms with Gasteiger partial charge in [0.15, 0.2) is 0 Å². The van der Waals surface area contributed by atoms with Gasteiger partial charge in [0, 0.05) is 11.0 Å². The highest BCUT2D eigenvalue weighted by atomic mass is 79.9. The summed E-state index contributed by atoms with van der Waals surface area (Å²) in [4.78, 5) is 2.55. The molecule has 1 aliphatic rings. The molecule has 118 valence electrons. The molecule has 21 heavy (non-hydrogen) atoms. The molecule has 1 saturated heterocycles. The maximum atomic E-state index is 12.2. The first-order chi connectivity index (χ1) is 9.88. The van der Waals surface area contributed by atoms with Crippen molar-refractivity contribution in [2.75, 3.05) is 26.7 Å². The SMILES string of the molecule is CN1CCC(CCNS(=O)(=O)c2ccc(Cl)c(Br)c2)CC1. The van der Waals surface area contributed by atoms with E-state index in [1.165, 1.54) is 12.1 Å². The molecule has 2 rings (SSSR count). The van der Waals surface area contributed by atoms with Gasteiger partial charge in [0.05, 0.1) is 9.92 Å². The Morgan fingerprint density at radius 2 is 2.05 bits per heavy atom. The molecule has 1 N–H and O–H groups in total. The number of likely N-dealkylation sites (tertiary alicyclic amines) is 1. The fourth-order valence-electron chi connectivity index (χ4n) is 2.48. The standard InChI is InChI=1S/C14H20BrClN2O2S/c1-18-8-5-11(6-9-18)4-7-17-21(19,20)12-2-3-14(16)13(15)10-12/h2-3,10-11,17H,4-9H2,1H3. The van der Waals surface area contributed by atoms with Gasteiger partial charge in [-0.3, -0.25) is 0 Å². The van der Waals surface area contributed by atoms with Crippen LogP contribution in [0.3, 0.4) is 0 Å². The minimum atomic E-state index is -3.46. The van der Waals surface area contributed by atoms with Crippen molar-refractivity contribution in [3.05, 3.63) is 27.7 Å². The molecule has 0 saturated carbocycles. The van der Waals surface area contributed by atoms with Gasteiger partial charge in [-0.2, -0.15) is 0 Å². The Bertz CT molecular complexity index is 587. The minimum Gasteiger partial charge on any atom is -0.306 e. The lowest BCUT2D eigenvalue weighted by Gasteiger charge is -2.28. The van der Waals surface area contributed by atoms with Crippen molar-refractivity contribution >= 4 is 37.6 Å². The first-order valence-corrected chi connectivity index (χ1v) is 9.67. The van der Waals surface area contributed by atoms with Gasteiger partial charge in [-0.25, -0.2) is 13.1 Å². The molecule has 0 radical (unpaired) electrons. The normalized spacial score (nSPS) is 18.0. The van der Waals surface area contributed by atoms with Gasteiger partial charge >= 0.3 is 0 Å². The number of sulfonamides is 1. The number of nitrogens with zero attached hydrogens (tertiary/aromatic N) is 1. The second-order valence-corrected chi connectivity index (χ2v) is 8.54. The van der Waals surface area contributed by atoms with Crippen molar-refractivity contribution in [1.29, 1.82) is 0 Å². The molecule has 0 aliphatic carbocycles. The summed E-state index contributed by atoms with van der Waals surface area (Å²) in [6.07, 6.45) is 3.18. The molecule has 0 aromatic heterocycles. The summed E-state index contributed by atoms with van der Waals surface area (Å²) < 4.78 is 27.7. The van der Waals surface area contributed by atoms with Crippen LogP contribution in [0.5, 0.6) is 0 Å². The van der Waals surface area contributed by atoms with E-state index in [9.17, 15) is 8.42 Å². The molecule has 7 heteroatoms. The van der Waals surface area contributed by atoms with E-state index in [2.05, 4.69) is 32.6 Å². The van der Waals surface area contributed by atoms with Crippen LogP contribution in [-0.4, -0.2) is 40.0 Å². The van der Waals surface area contributed by atoms with E-state index in [0.717, 1.165) is 32.4 Å². The molecule has 1 fully saturated rings. The van der Waals surface area contributed by atoms with E-state index in [-0.39, 0.29) is 4.90 Å². The predicted molar refractivity (Wildman–Crippen MR) is 89.2 cm³/mol. The molecule has 0 unspecified atom stereocenters. The number of piperidine rings is 1. The first kappa shape index (κ1) is 17.2. The van der Waals surface area contributed by atoms with Crippen molar-refractivity contribution in [2.24, 2.45) is 5.92 Å². The number of halogens is 2. The number of hydrogen-bond acceptors (Lipinski definition) is 3. The van der Waals surface area contributed by atoms with Crippen LogP contribution in [-0.2, 0) is 10.0 Å². The second-order valence-electron chi connectivity index (χ2n) is 5.51. The number of rotatable bonds is 5. The maximum absolute atomic E-state index is 12.2. The summed E-state index contributed by atoms with van der Waals surface area (Å²) in [6.45, 7) is 2.68. The number of nitrogens with one attached hydrogen (secondary N) is 1. The van der Waals surface area contributed by atoms with E-state index in [0.29, 0.717) is 22.0 Å². The Labute approximate surface area is 140 Å². The average molecular weight is 396 g/mol. The van der Waals surface area contributed by atoms with Crippen LogP contribution in [0.2, 0.25) is 5.02 Å². The zero-order valence-corrected chi connectivity index (χ0v) is 15.1. The second kappa shape index (κ2) is 7.42. The third-order valence-electron chi connectivity index (χ3n) is 3.88. The van der Waals surface area contributed by atoms with E-state index < -0.39 is 10.0 Å². The highest BCUT2D eigenvalue weighted by Crippen LogP contribution is 2.25. The van der Waals surface area contributed by atoms with Gasteiger partial charge in [0.2, 0.25) is 10.0 Å². The Hall–Kier alpha value is -0.140. The zero-order chi connectivity index (χ0) is 15.5. The lowest BCUT2D eigenvalue weighted by atomic mass is 9.94. The van der Waals surface area contributed by atoms with Gasteiger partial charge in [-0.05, 0) is 79.4 Å². The molecular formula is C14H20BrClN2O2S. The smallest absolute Gasteiger partial charge is 0.240 e. The quantitative estimate of drug-likeness (QED) is 0.833. The summed E-state index contributed by atoms with van der Waals surface area (Å²) in [5.74, 6) is 0.612. The van der Waals surface area contributed by atoms with Crippen LogP contribution < -0.4 is 4.72 Å². The van der Waals surface area contributed by atoms with Crippen molar-refractivity contribution in [2.45, 2.75) is 24.2 Å². The largest absolute Gasteiger partial charge is 0.306 e. The monoisotopic (exact) mass is 394 g/mol. The summed E-state index contributed by atoms with van der Waals surface area (Å²) in [5.41, 5.74) is 0. The van der Waals surface area contributed by atoms with E-state index in [1.54, 1.807) is 6.07 Å². The highest BCUT2D eigenvalue weighted by molar-refractivity contribution is 9.10. The van der Waals surface area contributed by atoms with Crippen molar-refractivity contribution in [3.8, 4) is 0 Å². The third kappa shape index (κ3) is 4.93. The van der Waals surface area contributed by atoms with Crippen molar-refractivity contribution in [3.63, 3.8) is 0 Å². The van der Waals surface area contributed by atoms with Crippen molar-refractivity contribution in [1.82, 2.24) is 9.62 Å². The molecule has 1 heterocycles. The van der Waals surface area contributed by atoms with Crippen LogP contribution >= 0.6 is 27.5 Å². The number of benzene rings is 1. The molecule has 4 nitrogen and oxygen atoms in total. The Kier molecular flexibility index (Phi) is 6.08. The fraction of sp³-hybridized carbons (Fsp3) is 0.571. The molecular weight excluding hydrogens is 376 g/mol. The lowest BCUT2D eigenvalue weighted by molar-refractivity contribution is 0.213.